The van der Waals surface area contributed by atoms with Crippen LogP contribution < -0.4 is 0 Å². The lowest BCUT2D eigenvalue weighted by Crippen LogP contribution is -2.11. The van der Waals surface area contributed by atoms with Gasteiger partial charge in [0.25, 0.3) is 0 Å². The third-order valence-electron chi connectivity index (χ3n) is 3.65. The Hall–Kier alpha value is -1.56. The van der Waals surface area contributed by atoms with Gasteiger partial charge in [0.1, 0.15) is 25.8 Å². The molecule has 0 aliphatic rings. The molecule has 4 nitrogen and oxygen atoms in total. The van der Waals surface area contributed by atoms with E-state index in [1.807, 2.05) is 0 Å². The van der Waals surface area contributed by atoms with E-state index in [1.165, 1.54) is 0 Å². The van der Waals surface area contributed by atoms with E-state index >= 15 is 0 Å². The summed E-state index contributed by atoms with van der Waals surface area (Å²) in [6, 6.07) is 0. The van der Waals surface area contributed by atoms with Crippen molar-refractivity contribution in [3.8, 4) is 24.7 Å². The number of methoxy groups -OCH3 is 2. The van der Waals surface area contributed by atoms with Crippen molar-refractivity contribution in [3.63, 3.8) is 0 Å². The van der Waals surface area contributed by atoms with E-state index in [9.17, 15) is 0 Å². The molecule has 2 unspecified atom stereocenters. The molecule has 0 aliphatic carbocycles. The molecule has 146 valence electrons. The van der Waals surface area contributed by atoms with E-state index in [4.69, 9.17) is 31.8 Å². The van der Waals surface area contributed by atoms with Gasteiger partial charge in [0.05, 0.1) is 0 Å². The summed E-state index contributed by atoms with van der Waals surface area (Å²) in [6.45, 7) is 0.501. The van der Waals surface area contributed by atoms with Crippen molar-refractivity contribution in [1.29, 1.82) is 0 Å². The Bertz CT molecular complexity index is 400. The normalized spacial score (nSPS) is 13.7. The van der Waals surface area contributed by atoms with Crippen molar-refractivity contribution in [2.75, 3.05) is 27.8 Å². The van der Waals surface area contributed by atoms with Crippen LogP contribution >= 0.6 is 0 Å². The third kappa shape index (κ3) is 15.9. The van der Waals surface area contributed by atoms with E-state index in [0.717, 1.165) is 51.4 Å². The minimum absolute atomic E-state index is 0.153. The summed E-state index contributed by atoms with van der Waals surface area (Å²) >= 11 is 0. The summed E-state index contributed by atoms with van der Waals surface area (Å²) in [5.41, 5.74) is 0. The molecule has 2 atom stereocenters. The van der Waals surface area contributed by atoms with Gasteiger partial charge in [-0.25, -0.2) is 0 Å². The maximum absolute atomic E-state index is 5.41. The molecule has 26 heavy (non-hydrogen) atoms. The molecule has 0 saturated carbocycles. The second kappa shape index (κ2) is 19.8. The Morgan fingerprint density at radius 2 is 1.08 bits per heavy atom. The monoisotopic (exact) mass is 362 g/mol. The molecule has 0 N–H and O–H groups in total. The molecule has 0 spiro atoms. The van der Waals surface area contributed by atoms with Gasteiger partial charge in [-0.05, 0) is 51.4 Å². The van der Waals surface area contributed by atoms with Crippen LogP contribution in [-0.4, -0.2) is 40.0 Å². The van der Waals surface area contributed by atoms with Crippen molar-refractivity contribution in [1.82, 2.24) is 0 Å². The first-order valence-electron chi connectivity index (χ1n) is 9.21. The average molecular weight is 363 g/mol. The van der Waals surface area contributed by atoms with E-state index in [2.05, 4.69) is 36.1 Å². The predicted molar refractivity (Wildman–Crippen MR) is 106 cm³/mol. The van der Waals surface area contributed by atoms with Gasteiger partial charge in [0, 0.05) is 14.2 Å². The fourth-order valence-corrected chi connectivity index (χ4v) is 2.24. The average Bonchev–Trinajstić information content (AvgIpc) is 2.67. The Balaban J connectivity index is 3.56. The molecule has 0 aromatic heterocycles. The molecule has 0 fully saturated rings. The molecular weight excluding hydrogens is 328 g/mol. The molecule has 0 bridgehead atoms. The van der Waals surface area contributed by atoms with Crippen LogP contribution in [0.15, 0.2) is 24.3 Å². The number of hydrogen-bond acceptors (Lipinski definition) is 4. The van der Waals surface area contributed by atoms with Gasteiger partial charge in [-0.1, -0.05) is 36.1 Å². The summed E-state index contributed by atoms with van der Waals surface area (Å²) in [4.78, 5) is 0. The van der Waals surface area contributed by atoms with Crippen LogP contribution in [0.25, 0.3) is 0 Å². The van der Waals surface area contributed by atoms with Crippen LogP contribution in [0.5, 0.6) is 0 Å². The first-order valence-corrected chi connectivity index (χ1v) is 9.21. The lowest BCUT2D eigenvalue weighted by atomic mass is 10.1. The van der Waals surface area contributed by atoms with Gasteiger partial charge in [-0.15, -0.1) is 12.8 Å². The van der Waals surface area contributed by atoms with Crippen molar-refractivity contribution in [3.05, 3.63) is 24.3 Å². The molecule has 0 heterocycles. The summed E-state index contributed by atoms with van der Waals surface area (Å²) in [5, 5.41) is 0. The molecule has 0 radical (unpaired) electrons. The number of ether oxygens (including phenoxy) is 4. The quantitative estimate of drug-likeness (QED) is 0.166. The Morgan fingerprint density at radius 1 is 0.692 bits per heavy atom. The van der Waals surface area contributed by atoms with Crippen molar-refractivity contribution in [2.24, 2.45) is 0 Å². The van der Waals surface area contributed by atoms with Gasteiger partial charge in [-0.2, -0.15) is 0 Å². The molecule has 0 amide bonds. The standard InChI is InChI=1S/C22H34O4/c1-5-21(25-19-23-3)17-15-13-11-9-7-8-10-12-14-16-18-22(6-2)26-20-24-4/h1-2,9-12,21-22H,7-8,13-20H2,3-4H3/b11-9-,12-10-. The molecule has 0 aliphatic heterocycles. The molecule has 0 saturated heterocycles. The molecule has 0 rings (SSSR count). The van der Waals surface area contributed by atoms with Crippen molar-refractivity contribution in [2.45, 2.75) is 63.6 Å². The number of terminal acetylenes is 2. The zero-order chi connectivity index (χ0) is 19.3. The van der Waals surface area contributed by atoms with Crippen LogP contribution in [-0.2, 0) is 18.9 Å². The maximum atomic E-state index is 5.41. The van der Waals surface area contributed by atoms with Gasteiger partial charge in [-0.3, -0.25) is 0 Å². The largest absolute Gasteiger partial charge is 0.359 e. The minimum Gasteiger partial charge on any atom is -0.359 e. The highest BCUT2D eigenvalue weighted by atomic mass is 16.7. The summed E-state index contributed by atoms with van der Waals surface area (Å²) < 4.78 is 20.4. The second-order valence-electron chi connectivity index (χ2n) is 5.84. The van der Waals surface area contributed by atoms with Crippen LogP contribution in [0.4, 0.5) is 0 Å². The molecule has 0 aromatic carbocycles. The van der Waals surface area contributed by atoms with E-state index in [0.29, 0.717) is 0 Å². The Labute approximate surface area is 159 Å². The van der Waals surface area contributed by atoms with Crippen LogP contribution in [0.1, 0.15) is 51.4 Å². The summed E-state index contributed by atoms with van der Waals surface area (Å²) in [6.07, 6.45) is 27.3. The lowest BCUT2D eigenvalue weighted by Gasteiger charge is -2.10. The zero-order valence-electron chi connectivity index (χ0n) is 16.3. The summed E-state index contributed by atoms with van der Waals surface area (Å²) in [5.74, 6) is 5.27. The second-order valence-corrected chi connectivity index (χ2v) is 5.84. The molecule has 4 heteroatoms. The fourth-order valence-electron chi connectivity index (χ4n) is 2.24. The van der Waals surface area contributed by atoms with Gasteiger partial charge >= 0.3 is 0 Å². The first kappa shape index (κ1) is 24.4. The van der Waals surface area contributed by atoms with Gasteiger partial charge in [0.15, 0.2) is 0 Å². The number of rotatable bonds is 17. The van der Waals surface area contributed by atoms with Crippen LogP contribution in [0, 0.1) is 24.7 Å². The SMILES string of the molecule is C#CC(CCC/C=C\CC/C=C\CCCC(C#C)OCOC)OCOC. The zero-order valence-corrected chi connectivity index (χ0v) is 16.3. The van der Waals surface area contributed by atoms with E-state index < -0.39 is 0 Å². The minimum atomic E-state index is -0.153. The Morgan fingerprint density at radius 3 is 1.42 bits per heavy atom. The fraction of sp³-hybridized carbons (Fsp3) is 0.636. The maximum Gasteiger partial charge on any atom is 0.148 e. The first-order chi connectivity index (χ1) is 12.8. The van der Waals surface area contributed by atoms with Gasteiger partial charge < -0.3 is 18.9 Å². The highest BCUT2D eigenvalue weighted by molar-refractivity contribution is 4.96. The van der Waals surface area contributed by atoms with Crippen molar-refractivity contribution >= 4 is 0 Å². The Kier molecular flexibility index (Phi) is 18.6. The lowest BCUT2D eigenvalue weighted by molar-refractivity contribution is -0.0547. The highest BCUT2D eigenvalue weighted by Crippen LogP contribution is 2.07. The third-order valence-corrected chi connectivity index (χ3v) is 3.65. The van der Waals surface area contributed by atoms with E-state index in [-0.39, 0.29) is 25.8 Å². The van der Waals surface area contributed by atoms with Crippen LogP contribution in [0.2, 0.25) is 0 Å². The van der Waals surface area contributed by atoms with Crippen molar-refractivity contribution < 1.29 is 18.9 Å². The summed E-state index contributed by atoms with van der Waals surface area (Å²) in [7, 11) is 3.19. The van der Waals surface area contributed by atoms with Gasteiger partial charge in [0.2, 0.25) is 0 Å². The number of hydrogen-bond donors (Lipinski definition) is 0. The number of allylic oxidation sites excluding steroid dienone is 4. The molecular formula is C22H34O4. The number of unbranched alkanes of at least 4 members (excludes halogenated alkanes) is 3. The van der Waals surface area contributed by atoms with Crippen LogP contribution in [0.3, 0.4) is 0 Å². The van der Waals surface area contributed by atoms with E-state index in [1.54, 1.807) is 14.2 Å². The highest BCUT2D eigenvalue weighted by Gasteiger charge is 2.04. The smallest absolute Gasteiger partial charge is 0.148 e. The predicted octanol–water partition coefficient (Wildman–Crippen LogP) is 4.46. The topological polar surface area (TPSA) is 36.9 Å². The molecule has 0 aromatic rings.